The van der Waals surface area contributed by atoms with Crippen molar-refractivity contribution >= 4 is 26.5 Å². The Morgan fingerprint density at radius 3 is 2.23 bits per heavy atom. The molecule has 0 fully saturated rings. The molecule has 1 aromatic heterocycles. The van der Waals surface area contributed by atoms with Crippen molar-refractivity contribution in [2.24, 2.45) is 0 Å². The van der Waals surface area contributed by atoms with Gasteiger partial charge in [-0.05, 0) is 54.4 Å². The lowest BCUT2D eigenvalue weighted by molar-refractivity contribution is 0.592. The summed E-state index contributed by atoms with van der Waals surface area (Å²) in [6.45, 7) is 0.390. The van der Waals surface area contributed by atoms with Crippen molar-refractivity contribution in [1.82, 2.24) is 9.78 Å². The van der Waals surface area contributed by atoms with Crippen molar-refractivity contribution in [1.29, 1.82) is 0 Å². The smallest absolute Gasteiger partial charge is 0.267 e. The number of nitrogens with zero attached hydrogens (tertiary/aromatic N) is 2. The Labute approximate surface area is 171 Å². The molecule has 3 aromatic carbocycles. The van der Waals surface area contributed by atoms with E-state index in [1.165, 1.54) is 28.6 Å². The van der Waals surface area contributed by atoms with Gasteiger partial charge in [0.1, 0.15) is 0 Å². The van der Waals surface area contributed by atoms with Crippen LogP contribution in [0.1, 0.15) is 5.56 Å². The second-order valence-electron chi connectivity index (χ2n) is 7.08. The number of benzene rings is 3. The minimum atomic E-state index is -3.73. The van der Waals surface area contributed by atoms with Crippen molar-refractivity contribution in [2.45, 2.75) is 11.3 Å². The van der Waals surface area contributed by atoms with Crippen LogP contribution in [0.2, 0.25) is 0 Å². The van der Waals surface area contributed by atoms with E-state index in [1.54, 1.807) is 30.3 Å². The summed E-state index contributed by atoms with van der Waals surface area (Å²) >= 11 is 0. The Hall–Kier alpha value is -3.65. The molecular weight excluding hydrogens is 402 g/mol. The fraction of sp³-hybridized carbons (Fsp3) is 0.0909. The summed E-state index contributed by atoms with van der Waals surface area (Å²) < 4.78 is 28.8. The van der Waals surface area contributed by atoms with E-state index < -0.39 is 15.6 Å². The van der Waals surface area contributed by atoms with Crippen LogP contribution in [-0.2, 0) is 16.4 Å². The van der Waals surface area contributed by atoms with E-state index in [0.29, 0.717) is 35.1 Å². The van der Waals surface area contributed by atoms with Crippen LogP contribution in [-0.4, -0.2) is 24.7 Å². The highest BCUT2D eigenvalue weighted by Crippen LogP contribution is 2.32. The largest absolute Gasteiger partial charge is 0.277 e. The lowest BCUT2D eigenvalue weighted by Gasteiger charge is -2.19. The molecule has 150 valence electrons. The van der Waals surface area contributed by atoms with E-state index in [9.17, 15) is 18.0 Å². The number of fused-ring (bicyclic) bond motifs is 2. The van der Waals surface area contributed by atoms with E-state index in [-0.39, 0.29) is 10.5 Å². The lowest BCUT2D eigenvalue weighted by Crippen LogP contribution is -2.30. The van der Waals surface area contributed by atoms with Crippen LogP contribution in [0.25, 0.3) is 16.5 Å². The molecule has 2 heterocycles. The molecule has 0 unspecified atom stereocenters. The fourth-order valence-electron chi connectivity index (χ4n) is 3.83. The molecule has 0 saturated carbocycles. The maximum Gasteiger partial charge on any atom is 0.277 e. The minimum absolute atomic E-state index is 0.124. The van der Waals surface area contributed by atoms with Crippen molar-refractivity contribution in [3.63, 3.8) is 0 Å². The number of nitrogens with one attached hydrogen (secondary N) is 1. The molecule has 0 radical (unpaired) electrons. The summed E-state index contributed by atoms with van der Waals surface area (Å²) in [6.07, 6.45) is 0.668. The molecule has 1 aliphatic heterocycles. The van der Waals surface area contributed by atoms with Crippen molar-refractivity contribution < 1.29 is 8.42 Å². The summed E-state index contributed by atoms with van der Waals surface area (Å²) in [7, 11) is -3.73. The maximum atomic E-state index is 13.1. The maximum absolute atomic E-state index is 13.1. The van der Waals surface area contributed by atoms with Crippen LogP contribution in [0.15, 0.2) is 87.3 Å². The number of aromatic nitrogens is 2. The summed E-state index contributed by atoms with van der Waals surface area (Å²) in [5, 5.41) is 3.16. The highest BCUT2D eigenvalue weighted by Gasteiger charge is 2.30. The van der Waals surface area contributed by atoms with Gasteiger partial charge in [0.2, 0.25) is 0 Å². The SMILES string of the molecule is O=c1[nH]n(-c2ccc(S(=O)(=O)N3CCc4ccccc43)cc2)c(=O)c2ccccc12. The Bertz CT molecular complexity index is 1500. The Balaban J connectivity index is 1.56. The highest BCUT2D eigenvalue weighted by atomic mass is 32.2. The molecule has 0 saturated heterocycles. The first-order valence-electron chi connectivity index (χ1n) is 9.42. The minimum Gasteiger partial charge on any atom is -0.267 e. The lowest BCUT2D eigenvalue weighted by atomic mass is 10.2. The van der Waals surface area contributed by atoms with E-state index in [0.717, 1.165) is 10.2 Å². The first-order valence-corrected chi connectivity index (χ1v) is 10.9. The van der Waals surface area contributed by atoms with Gasteiger partial charge in [0.15, 0.2) is 0 Å². The van der Waals surface area contributed by atoms with Crippen LogP contribution in [0.3, 0.4) is 0 Å². The third-order valence-corrected chi connectivity index (χ3v) is 7.17. The monoisotopic (exact) mass is 419 g/mol. The summed E-state index contributed by atoms with van der Waals surface area (Å²) in [6, 6.07) is 19.9. The highest BCUT2D eigenvalue weighted by molar-refractivity contribution is 7.92. The molecule has 0 atom stereocenters. The van der Waals surface area contributed by atoms with Crippen molar-refractivity contribution in [3.05, 3.63) is 99.1 Å². The van der Waals surface area contributed by atoms with Crippen molar-refractivity contribution in [3.8, 4) is 5.69 Å². The Kier molecular flexibility index (Phi) is 4.11. The third-order valence-electron chi connectivity index (χ3n) is 5.35. The molecule has 0 amide bonds. The van der Waals surface area contributed by atoms with E-state index in [4.69, 9.17) is 0 Å². The predicted octanol–water partition coefficient (Wildman–Crippen LogP) is 2.43. The average molecular weight is 419 g/mol. The van der Waals surface area contributed by atoms with Gasteiger partial charge in [0.25, 0.3) is 21.1 Å². The topological polar surface area (TPSA) is 92.2 Å². The quantitative estimate of drug-likeness (QED) is 0.552. The molecule has 1 aliphatic rings. The summed E-state index contributed by atoms with van der Waals surface area (Å²) in [5.74, 6) is 0. The molecule has 0 bridgehead atoms. The zero-order valence-electron chi connectivity index (χ0n) is 15.8. The molecule has 30 heavy (non-hydrogen) atoms. The van der Waals surface area contributed by atoms with Crippen LogP contribution in [0, 0.1) is 0 Å². The molecular formula is C22H17N3O4S. The van der Waals surface area contributed by atoms with E-state index >= 15 is 0 Å². The fourth-order valence-corrected chi connectivity index (χ4v) is 5.34. The second kappa shape index (κ2) is 6.70. The van der Waals surface area contributed by atoms with Gasteiger partial charge < -0.3 is 0 Å². The van der Waals surface area contributed by atoms with Crippen molar-refractivity contribution in [2.75, 3.05) is 10.8 Å². The number of hydrogen-bond acceptors (Lipinski definition) is 4. The Morgan fingerprint density at radius 1 is 0.800 bits per heavy atom. The number of aromatic amines is 1. The van der Waals surface area contributed by atoms with Crippen LogP contribution >= 0.6 is 0 Å². The van der Waals surface area contributed by atoms with Gasteiger partial charge in [0, 0.05) is 6.54 Å². The summed E-state index contributed by atoms with van der Waals surface area (Å²) in [5.41, 5.74) is 1.29. The number of H-pyrrole nitrogens is 1. The van der Waals surface area contributed by atoms with Gasteiger partial charge in [-0.15, -0.1) is 0 Å². The van der Waals surface area contributed by atoms with Crippen LogP contribution < -0.4 is 15.4 Å². The predicted molar refractivity (Wildman–Crippen MR) is 115 cm³/mol. The molecule has 0 aliphatic carbocycles. The van der Waals surface area contributed by atoms with Gasteiger partial charge in [-0.1, -0.05) is 30.3 Å². The van der Waals surface area contributed by atoms with E-state index in [2.05, 4.69) is 5.10 Å². The number of para-hydroxylation sites is 1. The molecule has 8 heteroatoms. The number of hydrogen-bond donors (Lipinski definition) is 1. The molecule has 4 aromatic rings. The van der Waals surface area contributed by atoms with E-state index in [1.807, 2.05) is 18.2 Å². The average Bonchev–Trinajstić information content (AvgIpc) is 3.21. The first kappa shape index (κ1) is 18.4. The number of sulfonamides is 1. The molecule has 7 nitrogen and oxygen atoms in total. The van der Waals surface area contributed by atoms with Gasteiger partial charge in [-0.3, -0.25) is 19.0 Å². The van der Waals surface area contributed by atoms with Crippen LogP contribution in [0.4, 0.5) is 5.69 Å². The zero-order valence-corrected chi connectivity index (χ0v) is 16.6. The van der Waals surface area contributed by atoms with Crippen LogP contribution in [0.5, 0.6) is 0 Å². The molecule has 5 rings (SSSR count). The summed E-state index contributed by atoms with van der Waals surface area (Å²) in [4.78, 5) is 25.2. The molecule has 0 spiro atoms. The number of rotatable bonds is 3. The molecule has 1 N–H and O–H groups in total. The number of anilines is 1. The standard InChI is InChI=1S/C22H17N3O4S/c26-21-18-6-2-3-7-19(18)22(27)25(23-21)16-9-11-17(12-10-16)30(28,29)24-14-13-15-5-1-4-8-20(15)24/h1-12H,13-14H2,(H,23,26). The third kappa shape index (κ3) is 2.76. The van der Waals surface area contributed by atoms with Gasteiger partial charge >= 0.3 is 0 Å². The van der Waals surface area contributed by atoms with Gasteiger partial charge in [-0.25, -0.2) is 13.1 Å². The van der Waals surface area contributed by atoms with Gasteiger partial charge in [0.05, 0.1) is 27.0 Å². The normalized spacial score (nSPS) is 13.5. The first-order chi connectivity index (χ1) is 14.5. The second-order valence-corrected chi connectivity index (χ2v) is 8.94. The van der Waals surface area contributed by atoms with Gasteiger partial charge in [-0.2, -0.15) is 0 Å². The Morgan fingerprint density at radius 2 is 1.47 bits per heavy atom. The zero-order chi connectivity index (χ0) is 20.9.